The molecule has 0 bridgehead atoms. The molecule has 0 unspecified atom stereocenters. The molecule has 2 aromatic rings. The van der Waals surface area contributed by atoms with E-state index in [1.54, 1.807) is 6.07 Å². The highest BCUT2D eigenvalue weighted by molar-refractivity contribution is 5.85. The van der Waals surface area contributed by atoms with Crippen LogP contribution in [-0.4, -0.2) is 10.1 Å². The summed E-state index contributed by atoms with van der Waals surface area (Å²) < 4.78 is 13.1. The number of aromatic hydroxyl groups is 1. The van der Waals surface area contributed by atoms with Gasteiger partial charge in [0.1, 0.15) is 11.6 Å². The Morgan fingerprint density at radius 1 is 1.25 bits per heavy atom. The predicted molar refractivity (Wildman–Crippen MR) is 62.1 cm³/mol. The van der Waals surface area contributed by atoms with Crippen LogP contribution < -0.4 is 0 Å². The number of benzene rings is 1. The topological polar surface area (TPSA) is 33.1 Å². The van der Waals surface area contributed by atoms with Gasteiger partial charge in [-0.15, -0.1) is 0 Å². The second-order valence-electron chi connectivity index (χ2n) is 4.93. The molecule has 0 aliphatic carbocycles. The van der Waals surface area contributed by atoms with Gasteiger partial charge in [0.05, 0.1) is 11.7 Å². The van der Waals surface area contributed by atoms with E-state index >= 15 is 0 Å². The van der Waals surface area contributed by atoms with Crippen LogP contribution in [0.4, 0.5) is 4.39 Å². The Morgan fingerprint density at radius 2 is 1.94 bits per heavy atom. The van der Waals surface area contributed by atoms with Gasteiger partial charge in [0.15, 0.2) is 0 Å². The molecule has 0 saturated carbocycles. The van der Waals surface area contributed by atoms with Crippen LogP contribution in [0.5, 0.6) is 5.75 Å². The highest BCUT2D eigenvalue weighted by Gasteiger charge is 2.21. The maximum atomic E-state index is 13.1. The summed E-state index contributed by atoms with van der Waals surface area (Å²) in [6.45, 7) is 6.01. The summed E-state index contributed by atoms with van der Waals surface area (Å²) in [7, 11) is 0. The Kier molecular flexibility index (Phi) is 2.34. The van der Waals surface area contributed by atoms with Crippen molar-refractivity contribution in [2.24, 2.45) is 0 Å². The zero-order chi connectivity index (χ0) is 11.9. The van der Waals surface area contributed by atoms with Crippen molar-refractivity contribution in [1.29, 1.82) is 0 Å². The Labute approximate surface area is 93.8 Å². The fourth-order valence-corrected chi connectivity index (χ4v) is 1.94. The molecule has 0 aliphatic rings. The van der Waals surface area contributed by atoms with Gasteiger partial charge in [0, 0.05) is 17.0 Å². The first-order chi connectivity index (χ1) is 7.39. The lowest BCUT2D eigenvalue weighted by atomic mass is 9.84. The Bertz CT molecular complexity index is 543. The van der Waals surface area contributed by atoms with Gasteiger partial charge in [-0.2, -0.15) is 0 Å². The van der Waals surface area contributed by atoms with Gasteiger partial charge in [0.25, 0.3) is 0 Å². The van der Waals surface area contributed by atoms with Gasteiger partial charge >= 0.3 is 0 Å². The van der Waals surface area contributed by atoms with E-state index in [9.17, 15) is 9.50 Å². The molecule has 1 aromatic carbocycles. The number of halogens is 1. The van der Waals surface area contributed by atoms with E-state index in [-0.39, 0.29) is 17.0 Å². The van der Waals surface area contributed by atoms with E-state index in [1.807, 2.05) is 20.8 Å². The average molecular weight is 219 g/mol. The highest BCUT2D eigenvalue weighted by atomic mass is 19.1. The van der Waals surface area contributed by atoms with Crippen molar-refractivity contribution in [2.75, 3.05) is 0 Å². The third kappa shape index (κ3) is 1.73. The van der Waals surface area contributed by atoms with Crippen LogP contribution in [0.25, 0.3) is 10.9 Å². The molecule has 1 aromatic heterocycles. The minimum Gasteiger partial charge on any atom is -0.506 e. The minimum absolute atomic E-state index is 0.159. The van der Waals surface area contributed by atoms with E-state index in [4.69, 9.17) is 0 Å². The molecule has 0 radical (unpaired) electrons. The number of hydrogen-bond donors (Lipinski definition) is 1. The molecular formula is C13H14FNO. The van der Waals surface area contributed by atoms with E-state index < -0.39 is 0 Å². The highest BCUT2D eigenvalue weighted by Crippen LogP contribution is 2.35. The van der Waals surface area contributed by atoms with Crippen molar-refractivity contribution in [3.8, 4) is 5.75 Å². The first kappa shape index (κ1) is 10.9. The molecule has 2 nitrogen and oxygen atoms in total. The van der Waals surface area contributed by atoms with Crippen LogP contribution in [0.1, 0.15) is 26.3 Å². The number of hydrogen-bond acceptors (Lipinski definition) is 2. The molecule has 84 valence electrons. The summed E-state index contributed by atoms with van der Waals surface area (Å²) >= 11 is 0. The smallest absolute Gasteiger partial charge is 0.138 e. The van der Waals surface area contributed by atoms with Crippen LogP contribution in [-0.2, 0) is 5.41 Å². The molecule has 0 atom stereocenters. The van der Waals surface area contributed by atoms with Gasteiger partial charge in [0.2, 0.25) is 0 Å². The monoisotopic (exact) mass is 219 g/mol. The first-order valence-corrected chi connectivity index (χ1v) is 5.17. The van der Waals surface area contributed by atoms with E-state index in [1.165, 1.54) is 18.3 Å². The molecule has 0 spiro atoms. The van der Waals surface area contributed by atoms with Gasteiger partial charge < -0.3 is 5.11 Å². The summed E-state index contributed by atoms with van der Waals surface area (Å²) in [5.41, 5.74) is 1.17. The summed E-state index contributed by atoms with van der Waals surface area (Å²) in [4.78, 5) is 4.03. The third-order valence-electron chi connectivity index (χ3n) is 2.56. The average Bonchev–Trinajstić information content (AvgIpc) is 2.16. The first-order valence-electron chi connectivity index (χ1n) is 5.17. The molecular weight excluding hydrogens is 205 g/mol. The lowest BCUT2D eigenvalue weighted by Crippen LogP contribution is -2.12. The largest absolute Gasteiger partial charge is 0.506 e. The van der Waals surface area contributed by atoms with Crippen LogP contribution >= 0.6 is 0 Å². The molecule has 0 saturated heterocycles. The van der Waals surface area contributed by atoms with Gasteiger partial charge in [-0.3, -0.25) is 4.98 Å². The molecule has 0 amide bonds. The SMILES string of the molecule is CC(C)(C)c1c(O)cnc2cc(F)ccc12. The Morgan fingerprint density at radius 3 is 2.56 bits per heavy atom. The number of rotatable bonds is 0. The van der Waals surface area contributed by atoms with Crippen molar-refractivity contribution in [3.05, 3.63) is 35.8 Å². The Balaban J connectivity index is 2.85. The van der Waals surface area contributed by atoms with Crippen molar-refractivity contribution in [2.45, 2.75) is 26.2 Å². The fourth-order valence-electron chi connectivity index (χ4n) is 1.94. The molecule has 2 rings (SSSR count). The van der Waals surface area contributed by atoms with Crippen LogP contribution in [0, 0.1) is 5.82 Å². The van der Waals surface area contributed by atoms with Gasteiger partial charge in [-0.25, -0.2) is 4.39 Å². The van der Waals surface area contributed by atoms with E-state index in [2.05, 4.69) is 4.98 Å². The second kappa shape index (κ2) is 3.44. The maximum Gasteiger partial charge on any atom is 0.138 e. The summed E-state index contributed by atoms with van der Waals surface area (Å²) in [5, 5.41) is 10.7. The van der Waals surface area contributed by atoms with Crippen molar-refractivity contribution < 1.29 is 9.50 Å². The molecule has 0 aliphatic heterocycles. The van der Waals surface area contributed by atoms with Crippen LogP contribution in [0.3, 0.4) is 0 Å². The second-order valence-corrected chi connectivity index (χ2v) is 4.93. The van der Waals surface area contributed by atoms with Crippen molar-refractivity contribution >= 4 is 10.9 Å². The number of nitrogens with zero attached hydrogens (tertiary/aromatic N) is 1. The van der Waals surface area contributed by atoms with Crippen molar-refractivity contribution in [1.82, 2.24) is 4.98 Å². The number of fused-ring (bicyclic) bond motifs is 1. The number of pyridine rings is 1. The molecule has 16 heavy (non-hydrogen) atoms. The lowest BCUT2D eigenvalue weighted by Gasteiger charge is -2.22. The zero-order valence-electron chi connectivity index (χ0n) is 9.58. The molecule has 1 heterocycles. The summed E-state index contributed by atoms with van der Waals surface area (Å²) in [6, 6.07) is 4.43. The van der Waals surface area contributed by atoms with Crippen LogP contribution in [0.15, 0.2) is 24.4 Å². The summed E-state index contributed by atoms with van der Waals surface area (Å²) in [5.74, 6) is -0.155. The Hall–Kier alpha value is -1.64. The van der Waals surface area contributed by atoms with Crippen LogP contribution in [0.2, 0.25) is 0 Å². The number of aromatic nitrogens is 1. The fraction of sp³-hybridized carbons (Fsp3) is 0.308. The van der Waals surface area contributed by atoms with E-state index in [0.717, 1.165) is 10.9 Å². The predicted octanol–water partition coefficient (Wildman–Crippen LogP) is 3.38. The van der Waals surface area contributed by atoms with E-state index in [0.29, 0.717) is 5.52 Å². The lowest BCUT2D eigenvalue weighted by molar-refractivity contribution is 0.447. The van der Waals surface area contributed by atoms with Gasteiger partial charge in [-0.05, 0) is 17.5 Å². The third-order valence-corrected chi connectivity index (χ3v) is 2.56. The standard InChI is InChI=1S/C13H14FNO/c1-13(2,3)12-9-5-4-8(14)6-10(9)15-7-11(12)16/h4-7,16H,1-3H3. The molecule has 0 fully saturated rings. The van der Waals surface area contributed by atoms with Gasteiger partial charge in [-0.1, -0.05) is 20.8 Å². The molecule has 1 N–H and O–H groups in total. The minimum atomic E-state index is -0.314. The zero-order valence-corrected chi connectivity index (χ0v) is 9.58. The molecule has 3 heteroatoms. The summed E-state index contributed by atoms with van der Waals surface area (Å²) in [6.07, 6.45) is 1.38. The maximum absolute atomic E-state index is 13.1. The van der Waals surface area contributed by atoms with Crippen molar-refractivity contribution in [3.63, 3.8) is 0 Å². The quantitative estimate of drug-likeness (QED) is 0.736. The normalized spacial score (nSPS) is 12.0.